The highest BCUT2D eigenvalue weighted by Crippen LogP contribution is 2.25. The van der Waals surface area contributed by atoms with Crippen LogP contribution in [0.5, 0.6) is 0 Å². The number of carbonyl (C=O) groups excluding carboxylic acids is 1. The Morgan fingerprint density at radius 2 is 2.41 bits per heavy atom. The lowest BCUT2D eigenvalue weighted by atomic mass is 10.2. The predicted octanol–water partition coefficient (Wildman–Crippen LogP) is 0.383. The Balaban J connectivity index is 2.15. The fourth-order valence-electron chi connectivity index (χ4n) is 2.23. The molecule has 6 nitrogen and oxygen atoms in total. The van der Waals surface area contributed by atoms with Crippen LogP contribution in [0, 0.1) is 6.92 Å². The van der Waals surface area contributed by atoms with Gasteiger partial charge in [-0.15, -0.1) is 0 Å². The van der Waals surface area contributed by atoms with Gasteiger partial charge in [0.2, 0.25) is 11.9 Å². The van der Waals surface area contributed by atoms with E-state index in [1.165, 1.54) is 0 Å². The van der Waals surface area contributed by atoms with Gasteiger partial charge in [0, 0.05) is 19.2 Å². The van der Waals surface area contributed by atoms with E-state index in [9.17, 15) is 4.79 Å². The SMILES string of the molecule is Cc1cnc2c(c1)nc(N)n2C1CNC(=O)C1. The first kappa shape index (κ1) is 10.1. The Labute approximate surface area is 97.8 Å². The molecule has 1 saturated heterocycles. The first-order chi connectivity index (χ1) is 8.15. The van der Waals surface area contributed by atoms with Crippen molar-refractivity contribution in [3.8, 4) is 0 Å². The monoisotopic (exact) mass is 231 g/mol. The standard InChI is InChI=1S/C11H13N5O/c1-6-2-8-10(14-4-6)16(11(12)15-8)7-3-9(17)13-5-7/h2,4,7H,3,5H2,1H3,(H2,12,15)(H,13,17). The molecule has 1 atom stereocenters. The number of hydrogen-bond donors (Lipinski definition) is 2. The molecule has 0 bridgehead atoms. The Kier molecular flexibility index (Phi) is 2.04. The molecule has 1 fully saturated rings. The number of nitrogens with one attached hydrogen (secondary N) is 1. The molecule has 0 aromatic carbocycles. The third-order valence-electron chi connectivity index (χ3n) is 3.01. The Hall–Kier alpha value is -2.11. The molecule has 1 aliphatic rings. The maximum atomic E-state index is 11.2. The van der Waals surface area contributed by atoms with Crippen molar-refractivity contribution >= 4 is 23.0 Å². The Morgan fingerprint density at radius 1 is 1.59 bits per heavy atom. The highest BCUT2D eigenvalue weighted by Gasteiger charge is 2.26. The van der Waals surface area contributed by atoms with Gasteiger partial charge in [0.05, 0.1) is 6.04 Å². The molecule has 3 heterocycles. The number of carbonyl (C=O) groups is 1. The maximum absolute atomic E-state index is 11.2. The van der Waals surface area contributed by atoms with Crippen molar-refractivity contribution < 1.29 is 4.79 Å². The van der Waals surface area contributed by atoms with E-state index < -0.39 is 0 Å². The molecule has 2 aromatic heterocycles. The molecule has 1 unspecified atom stereocenters. The van der Waals surface area contributed by atoms with E-state index in [0.717, 1.165) is 16.7 Å². The predicted molar refractivity (Wildman–Crippen MR) is 63.3 cm³/mol. The molecule has 3 rings (SSSR count). The number of hydrogen-bond acceptors (Lipinski definition) is 4. The summed E-state index contributed by atoms with van der Waals surface area (Å²) in [5.41, 5.74) is 8.47. The van der Waals surface area contributed by atoms with Gasteiger partial charge in [-0.05, 0) is 18.6 Å². The molecular weight excluding hydrogens is 218 g/mol. The molecule has 6 heteroatoms. The average Bonchev–Trinajstić information content (AvgIpc) is 2.80. The van der Waals surface area contributed by atoms with Crippen LogP contribution in [0.1, 0.15) is 18.0 Å². The van der Waals surface area contributed by atoms with Gasteiger partial charge in [0.15, 0.2) is 5.65 Å². The Bertz CT molecular complexity index is 603. The van der Waals surface area contributed by atoms with E-state index in [-0.39, 0.29) is 11.9 Å². The topological polar surface area (TPSA) is 85.8 Å². The van der Waals surface area contributed by atoms with E-state index in [4.69, 9.17) is 5.73 Å². The molecule has 0 aliphatic carbocycles. The number of rotatable bonds is 1. The molecule has 0 saturated carbocycles. The van der Waals surface area contributed by atoms with Gasteiger partial charge in [-0.25, -0.2) is 9.97 Å². The fourth-order valence-corrected chi connectivity index (χ4v) is 2.23. The van der Waals surface area contributed by atoms with Crippen molar-refractivity contribution in [2.24, 2.45) is 0 Å². The van der Waals surface area contributed by atoms with E-state index in [1.807, 2.05) is 17.6 Å². The van der Waals surface area contributed by atoms with E-state index in [1.54, 1.807) is 6.20 Å². The van der Waals surface area contributed by atoms with Crippen molar-refractivity contribution in [1.82, 2.24) is 19.9 Å². The highest BCUT2D eigenvalue weighted by molar-refractivity contribution is 5.80. The number of amides is 1. The second-order valence-electron chi connectivity index (χ2n) is 4.36. The number of pyridine rings is 1. The van der Waals surface area contributed by atoms with E-state index in [0.29, 0.717) is 18.9 Å². The minimum Gasteiger partial charge on any atom is -0.369 e. The van der Waals surface area contributed by atoms with Crippen molar-refractivity contribution in [2.45, 2.75) is 19.4 Å². The summed E-state index contributed by atoms with van der Waals surface area (Å²) >= 11 is 0. The number of aromatic nitrogens is 3. The maximum Gasteiger partial charge on any atom is 0.222 e. The summed E-state index contributed by atoms with van der Waals surface area (Å²) in [5, 5.41) is 2.79. The summed E-state index contributed by atoms with van der Waals surface area (Å²) in [4.78, 5) is 19.9. The third-order valence-corrected chi connectivity index (χ3v) is 3.01. The number of imidazole rings is 1. The van der Waals surface area contributed by atoms with Crippen LogP contribution in [0.4, 0.5) is 5.95 Å². The lowest BCUT2D eigenvalue weighted by molar-refractivity contribution is -0.119. The minimum atomic E-state index is 0.0164. The molecule has 2 aromatic rings. The number of aryl methyl sites for hydroxylation is 1. The molecular formula is C11H13N5O. The van der Waals surface area contributed by atoms with Crippen molar-refractivity contribution in [3.63, 3.8) is 0 Å². The summed E-state index contributed by atoms with van der Waals surface area (Å²) in [5.74, 6) is 0.461. The lowest BCUT2D eigenvalue weighted by Crippen LogP contribution is -2.16. The molecule has 17 heavy (non-hydrogen) atoms. The van der Waals surface area contributed by atoms with E-state index in [2.05, 4.69) is 15.3 Å². The van der Waals surface area contributed by atoms with Gasteiger partial charge in [-0.2, -0.15) is 0 Å². The summed E-state index contributed by atoms with van der Waals surface area (Å²) in [6.07, 6.45) is 2.22. The van der Waals surface area contributed by atoms with Crippen LogP contribution in [0.25, 0.3) is 11.2 Å². The van der Waals surface area contributed by atoms with Crippen LogP contribution in [-0.4, -0.2) is 27.0 Å². The number of nitrogens with zero attached hydrogens (tertiary/aromatic N) is 3. The van der Waals surface area contributed by atoms with Crippen LogP contribution in [-0.2, 0) is 4.79 Å². The zero-order valence-electron chi connectivity index (χ0n) is 9.47. The normalized spacial score (nSPS) is 19.8. The summed E-state index contributed by atoms with van der Waals surface area (Å²) in [6, 6.07) is 1.96. The van der Waals surface area contributed by atoms with Crippen molar-refractivity contribution in [2.75, 3.05) is 12.3 Å². The average molecular weight is 231 g/mol. The van der Waals surface area contributed by atoms with Crippen molar-refractivity contribution in [3.05, 3.63) is 17.8 Å². The zero-order valence-corrected chi connectivity index (χ0v) is 9.47. The summed E-state index contributed by atoms with van der Waals surface area (Å²) in [6.45, 7) is 2.55. The zero-order chi connectivity index (χ0) is 12.0. The molecule has 0 spiro atoms. The van der Waals surface area contributed by atoms with Crippen LogP contribution in [0.2, 0.25) is 0 Å². The molecule has 1 amide bonds. The van der Waals surface area contributed by atoms with Gasteiger partial charge in [0.25, 0.3) is 0 Å². The van der Waals surface area contributed by atoms with Gasteiger partial charge < -0.3 is 11.1 Å². The highest BCUT2D eigenvalue weighted by atomic mass is 16.1. The van der Waals surface area contributed by atoms with Gasteiger partial charge >= 0.3 is 0 Å². The second kappa shape index (κ2) is 3.44. The number of fused-ring (bicyclic) bond motifs is 1. The van der Waals surface area contributed by atoms with E-state index >= 15 is 0 Å². The number of anilines is 1. The second-order valence-corrected chi connectivity index (χ2v) is 4.36. The van der Waals surface area contributed by atoms with Crippen LogP contribution in [0.15, 0.2) is 12.3 Å². The Morgan fingerprint density at radius 3 is 3.12 bits per heavy atom. The first-order valence-corrected chi connectivity index (χ1v) is 5.52. The molecule has 1 aliphatic heterocycles. The third kappa shape index (κ3) is 1.52. The lowest BCUT2D eigenvalue weighted by Gasteiger charge is -2.11. The molecule has 0 radical (unpaired) electrons. The van der Waals surface area contributed by atoms with Crippen LogP contribution >= 0.6 is 0 Å². The largest absolute Gasteiger partial charge is 0.369 e. The van der Waals surface area contributed by atoms with Gasteiger partial charge in [-0.1, -0.05) is 0 Å². The first-order valence-electron chi connectivity index (χ1n) is 5.52. The van der Waals surface area contributed by atoms with Gasteiger partial charge in [-0.3, -0.25) is 9.36 Å². The molecule has 3 N–H and O–H groups in total. The van der Waals surface area contributed by atoms with Crippen molar-refractivity contribution in [1.29, 1.82) is 0 Å². The number of nitrogen functional groups attached to an aromatic ring is 1. The quantitative estimate of drug-likeness (QED) is 0.743. The van der Waals surface area contributed by atoms with Gasteiger partial charge in [0.1, 0.15) is 5.52 Å². The van der Waals surface area contributed by atoms with Crippen LogP contribution in [0.3, 0.4) is 0 Å². The van der Waals surface area contributed by atoms with Crippen LogP contribution < -0.4 is 11.1 Å². The smallest absolute Gasteiger partial charge is 0.222 e. The summed E-state index contributed by atoms with van der Waals surface area (Å²) < 4.78 is 1.84. The number of nitrogens with two attached hydrogens (primary N) is 1. The minimum absolute atomic E-state index is 0.0164. The molecule has 88 valence electrons. The summed E-state index contributed by atoms with van der Waals surface area (Å²) in [7, 11) is 0. The fraction of sp³-hybridized carbons (Fsp3) is 0.364.